The number of oxime groups is 1. The van der Waals surface area contributed by atoms with Crippen LogP contribution in [0, 0.1) is 5.21 Å². The smallest absolute Gasteiger partial charge is 0.290 e. The standard InChI is InChI=1S/C9H17N3O3/c1-6(10-13)9(5)11(14)7(2)8(3,4)12(9)15/h13,15H,1-5H3/b10-6+. The number of hydrogen-bond donors (Lipinski definition) is 2. The van der Waals surface area contributed by atoms with Gasteiger partial charge in [-0.3, -0.25) is 0 Å². The van der Waals surface area contributed by atoms with E-state index < -0.39 is 11.2 Å². The van der Waals surface area contributed by atoms with Gasteiger partial charge < -0.3 is 15.6 Å². The highest BCUT2D eigenvalue weighted by Gasteiger charge is 2.59. The van der Waals surface area contributed by atoms with E-state index in [4.69, 9.17) is 5.21 Å². The average Bonchev–Trinajstić information content (AvgIpc) is 2.32. The van der Waals surface area contributed by atoms with Gasteiger partial charge in [-0.1, -0.05) is 5.16 Å². The molecule has 0 aromatic carbocycles. The van der Waals surface area contributed by atoms with Crippen molar-refractivity contribution >= 4 is 11.4 Å². The SMILES string of the molecule is CC1=[N+]([O-])C(C)(/C(C)=N/O)N(O)C1(C)C. The molecule has 6 nitrogen and oxygen atoms in total. The first-order valence-corrected chi connectivity index (χ1v) is 4.70. The Bertz CT molecular complexity index is 349. The van der Waals surface area contributed by atoms with E-state index in [1.807, 2.05) is 0 Å². The van der Waals surface area contributed by atoms with Gasteiger partial charge in [0.05, 0.1) is 0 Å². The van der Waals surface area contributed by atoms with Crippen LogP contribution in [0.3, 0.4) is 0 Å². The zero-order valence-corrected chi connectivity index (χ0v) is 9.64. The van der Waals surface area contributed by atoms with Gasteiger partial charge in [0.1, 0.15) is 11.3 Å². The minimum absolute atomic E-state index is 0.143. The van der Waals surface area contributed by atoms with Gasteiger partial charge in [-0.05, 0) is 20.8 Å². The molecule has 1 atom stereocenters. The Morgan fingerprint density at radius 3 is 2.20 bits per heavy atom. The van der Waals surface area contributed by atoms with Gasteiger partial charge in [0.2, 0.25) is 0 Å². The van der Waals surface area contributed by atoms with Crippen LogP contribution in [0.1, 0.15) is 34.6 Å². The van der Waals surface area contributed by atoms with Gasteiger partial charge >= 0.3 is 0 Å². The Balaban J connectivity index is 3.38. The first kappa shape index (κ1) is 11.9. The first-order chi connectivity index (χ1) is 6.70. The lowest BCUT2D eigenvalue weighted by Crippen LogP contribution is -2.57. The summed E-state index contributed by atoms with van der Waals surface area (Å²) < 4.78 is 0.669. The highest BCUT2D eigenvalue weighted by atomic mass is 16.6. The molecule has 0 aromatic heterocycles. The Kier molecular flexibility index (Phi) is 2.53. The van der Waals surface area contributed by atoms with Gasteiger partial charge in [0.25, 0.3) is 5.66 Å². The van der Waals surface area contributed by atoms with Crippen molar-refractivity contribution in [3.63, 3.8) is 0 Å². The van der Waals surface area contributed by atoms with E-state index in [9.17, 15) is 10.4 Å². The highest BCUT2D eigenvalue weighted by molar-refractivity contribution is 5.95. The zero-order valence-electron chi connectivity index (χ0n) is 9.64. The van der Waals surface area contributed by atoms with Gasteiger partial charge in [-0.25, -0.2) is 0 Å². The average molecular weight is 215 g/mol. The molecule has 0 bridgehead atoms. The fraction of sp³-hybridized carbons (Fsp3) is 0.778. The molecular formula is C9H17N3O3. The van der Waals surface area contributed by atoms with Crippen molar-refractivity contribution in [2.75, 3.05) is 0 Å². The summed E-state index contributed by atoms with van der Waals surface area (Å²) in [5.74, 6) is 0. The fourth-order valence-corrected chi connectivity index (χ4v) is 1.75. The van der Waals surface area contributed by atoms with Crippen LogP contribution in [0.5, 0.6) is 0 Å². The third-order valence-electron chi connectivity index (χ3n) is 3.36. The predicted molar refractivity (Wildman–Crippen MR) is 55.3 cm³/mol. The molecule has 15 heavy (non-hydrogen) atoms. The number of hydroxylamine groups is 3. The van der Waals surface area contributed by atoms with Crippen LogP contribution in [0.4, 0.5) is 0 Å². The van der Waals surface area contributed by atoms with E-state index in [1.165, 1.54) is 13.8 Å². The molecular weight excluding hydrogens is 198 g/mol. The van der Waals surface area contributed by atoms with E-state index in [0.29, 0.717) is 10.5 Å². The van der Waals surface area contributed by atoms with Gasteiger partial charge in [-0.2, -0.15) is 4.74 Å². The van der Waals surface area contributed by atoms with Crippen LogP contribution >= 0.6 is 0 Å². The molecule has 86 valence electrons. The molecule has 0 amide bonds. The van der Waals surface area contributed by atoms with Crippen molar-refractivity contribution in [2.24, 2.45) is 5.16 Å². The molecule has 0 spiro atoms. The Hall–Kier alpha value is -1.14. The molecule has 0 saturated heterocycles. The van der Waals surface area contributed by atoms with Crippen LogP contribution in [0.2, 0.25) is 0 Å². The summed E-state index contributed by atoms with van der Waals surface area (Å²) in [6.45, 7) is 8.09. The van der Waals surface area contributed by atoms with Crippen molar-refractivity contribution in [3.8, 4) is 0 Å². The van der Waals surface area contributed by atoms with Crippen molar-refractivity contribution in [1.82, 2.24) is 5.06 Å². The summed E-state index contributed by atoms with van der Waals surface area (Å²) in [4.78, 5) is 0. The number of nitrogens with zero attached hydrogens (tertiary/aromatic N) is 3. The van der Waals surface area contributed by atoms with Crippen LogP contribution in [0.25, 0.3) is 0 Å². The lowest BCUT2D eigenvalue weighted by molar-refractivity contribution is -0.561. The maximum absolute atomic E-state index is 11.9. The molecule has 1 rings (SSSR count). The number of hydrogen-bond acceptors (Lipinski definition) is 5. The summed E-state index contributed by atoms with van der Waals surface area (Å²) in [7, 11) is 0. The summed E-state index contributed by atoms with van der Waals surface area (Å²) in [5, 5.41) is 34.6. The third-order valence-corrected chi connectivity index (χ3v) is 3.36. The molecule has 2 N–H and O–H groups in total. The van der Waals surface area contributed by atoms with Gasteiger partial charge in [-0.15, -0.1) is 5.06 Å². The minimum Gasteiger partial charge on any atom is -0.622 e. The summed E-state index contributed by atoms with van der Waals surface area (Å²) in [5.41, 5.74) is -1.51. The molecule has 1 aliphatic rings. The maximum Gasteiger partial charge on any atom is 0.290 e. The predicted octanol–water partition coefficient (Wildman–Crippen LogP) is 1.01. The second-order valence-electron chi connectivity index (χ2n) is 4.46. The van der Waals surface area contributed by atoms with Crippen molar-refractivity contribution < 1.29 is 15.2 Å². The highest BCUT2D eigenvalue weighted by Crippen LogP contribution is 2.33. The second-order valence-corrected chi connectivity index (χ2v) is 4.46. The molecule has 0 aromatic rings. The zero-order chi connectivity index (χ0) is 12.0. The van der Waals surface area contributed by atoms with E-state index in [1.54, 1.807) is 20.8 Å². The van der Waals surface area contributed by atoms with Crippen LogP contribution < -0.4 is 0 Å². The lowest BCUT2D eigenvalue weighted by Gasteiger charge is -2.31. The topological polar surface area (TPSA) is 82.1 Å². The molecule has 0 fully saturated rings. The normalized spacial score (nSPS) is 32.5. The largest absolute Gasteiger partial charge is 0.622 e. The molecule has 1 heterocycles. The van der Waals surface area contributed by atoms with Crippen molar-refractivity contribution in [3.05, 3.63) is 5.21 Å². The Morgan fingerprint density at radius 1 is 1.47 bits per heavy atom. The monoisotopic (exact) mass is 215 g/mol. The van der Waals surface area contributed by atoms with Crippen LogP contribution in [0.15, 0.2) is 5.16 Å². The fourth-order valence-electron chi connectivity index (χ4n) is 1.75. The van der Waals surface area contributed by atoms with Crippen LogP contribution in [-0.4, -0.2) is 42.8 Å². The van der Waals surface area contributed by atoms with Gasteiger partial charge in [0, 0.05) is 13.8 Å². The molecule has 1 unspecified atom stereocenters. The van der Waals surface area contributed by atoms with Gasteiger partial charge in [0.15, 0.2) is 5.71 Å². The van der Waals surface area contributed by atoms with E-state index in [-0.39, 0.29) is 5.71 Å². The van der Waals surface area contributed by atoms with Crippen molar-refractivity contribution in [1.29, 1.82) is 0 Å². The summed E-state index contributed by atoms with van der Waals surface area (Å²) in [6, 6.07) is 0. The Labute approximate surface area is 88.7 Å². The molecule has 1 aliphatic heterocycles. The second kappa shape index (κ2) is 3.18. The van der Waals surface area contributed by atoms with Crippen molar-refractivity contribution in [2.45, 2.75) is 45.8 Å². The lowest BCUT2D eigenvalue weighted by atomic mass is 9.99. The molecule has 6 heteroatoms. The van der Waals surface area contributed by atoms with E-state index in [2.05, 4.69) is 5.16 Å². The maximum atomic E-state index is 11.9. The molecule has 0 saturated carbocycles. The third kappa shape index (κ3) is 1.25. The molecule has 0 aliphatic carbocycles. The van der Waals surface area contributed by atoms with E-state index in [0.717, 1.165) is 5.06 Å². The first-order valence-electron chi connectivity index (χ1n) is 4.70. The Morgan fingerprint density at radius 2 is 1.93 bits per heavy atom. The molecule has 0 radical (unpaired) electrons. The summed E-state index contributed by atoms with van der Waals surface area (Å²) >= 11 is 0. The minimum atomic E-state index is -1.34. The quantitative estimate of drug-likeness (QED) is 0.225. The number of rotatable bonds is 1. The van der Waals surface area contributed by atoms with E-state index >= 15 is 0 Å². The van der Waals surface area contributed by atoms with Crippen LogP contribution in [-0.2, 0) is 0 Å². The summed E-state index contributed by atoms with van der Waals surface area (Å²) in [6.07, 6.45) is 0.